The number of ether oxygens (including phenoxy) is 2. The monoisotopic (exact) mass is 378 g/mol. The molecule has 27 heavy (non-hydrogen) atoms. The standard InChI is InChI=1S/C23H38O4/c1-16(12-15-27-18(3)24)8-10-19-17(2)9-11-20-22(19,4)13-7-14-23(20,5)21(25)26-6/h16,19-20H,2,7-15H2,1,3-6H3/t16-,19-,20-,22+,23-/m0/s1. The van der Waals surface area contributed by atoms with Gasteiger partial charge in [-0.05, 0) is 75.0 Å². The number of allylic oxidation sites excluding steroid dienone is 1. The summed E-state index contributed by atoms with van der Waals surface area (Å²) in [6.07, 6.45) is 8.32. The molecule has 0 amide bonds. The molecule has 2 aliphatic carbocycles. The van der Waals surface area contributed by atoms with Crippen LogP contribution in [-0.4, -0.2) is 25.7 Å². The Labute approximate surface area is 165 Å². The Morgan fingerprint density at radius 3 is 2.59 bits per heavy atom. The molecule has 2 rings (SSSR count). The van der Waals surface area contributed by atoms with E-state index in [0.29, 0.717) is 24.4 Å². The van der Waals surface area contributed by atoms with Crippen molar-refractivity contribution in [2.45, 2.75) is 79.1 Å². The van der Waals surface area contributed by atoms with E-state index in [1.807, 2.05) is 0 Å². The third-order valence-electron chi connectivity index (χ3n) is 7.54. The lowest BCUT2D eigenvalue weighted by atomic mass is 9.46. The van der Waals surface area contributed by atoms with Crippen LogP contribution in [0.3, 0.4) is 0 Å². The Bertz CT molecular complexity index is 569. The summed E-state index contributed by atoms with van der Waals surface area (Å²) in [5.41, 5.74) is 1.10. The number of hydrogen-bond donors (Lipinski definition) is 0. The van der Waals surface area contributed by atoms with Gasteiger partial charge in [-0.1, -0.05) is 32.4 Å². The zero-order chi connectivity index (χ0) is 20.2. The molecule has 0 aliphatic heterocycles. The molecule has 0 unspecified atom stereocenters. The number of carbonyl (C=O) groups excluding carboxylic acids is 2. The third kappa shape index (κ3) is 4.57. The van der Waals surface area contributed by atoms with Gasteiger partial charge in [-0.15, -0.1) is 0 Å². The van der Waals surface area contributed by atoms with E-state index in [4.69, 9.17) is 9.47 Å². The fourth-order valence-corrected chi connectivity index (χ4v) is 5.96. The quantitative estimate of drug-likeness (QED) is 0.445. The molecule has 4 nitrogen and oxygen atoms in total. The van der Waals surface area contributed by atoms with Crippen LogP contribution in [0.1, 0.15) is 79.1 Å². The predicted octanol–water partition coefficient (Wildman–Crippen LogP) is 5.31. The van der Waals surface area contributed by atoms with Crippen LogP contribution in [0.4, 0.5) is 0 Å². The lowest BCUT2D eigenvalue weighted by Gasteiger charge is -2.57. The molecule has 0 spiro atoms. The highest BCUT2D eigenvalue weighted by molar-refractivity contribution is 5.77. The van der Waals surface area contributed by atoms with Crippen LogP contribution in [0.2, 0.25) is 0 Å². The van der Waals surface area contributed by atoms with Gasteiger partial charge in [0.25, 0.3) is 0 Å². The van der Waals surface area contributed by atoms with Gasteiger partial charge >= 0.3 is 11.9 Å². The Morgan fingerprint density at radius 1 is 1.26 bits per heavy atom. The van der Waals surface area contributed by atoms with Crippen molar-refractivity contribution in [3.63, 3.8) is 0 Å². The Balaban J connectivity index is 2.08. The van der Waals surface area contributed by atoms with Gasteiger partial charge in [-0.2, -0.15) is 0 Å². The molecule has 0 saturated heterocycles. The van der Waals surface area contributed by atoms with Crippen molar-refractivity contribution in [1.82, 2.24) is 0 Å². The summed E-state index contributed by atoms with van der Waals surface area (Å²) >= 11 is 0. The minimum atomic E-state index is -0.373. The summed E-state index contributed by atoms with van der Waals surface area (Å²) in [7, 11) is 1.52. The molecule has 0 aromatic carbocycles. The highest BCUT2D eigenvalue weighted by atomic mass is 16.5. The summed E-state index contributed by atoms with van der Waals surface area (Å²) in [6, 6.07) is 0. The Morgan fingerprint density at radius 2 is 1.96 bits per heavy atom. The smallest absolute Gasteiger partial charge is 0.311 e. The fourth-order valence-electron chi connectivity index (χ4n) is 5.96. The summed E-state index contributed by atoms with van der Waals surface area (Å²) < 4.78 is 10.3. The van der Waals surface area contributed by atoms with Gasteiger partial charge in [-0.25, -0.2) is 0 Å². The molecule has 5 atom stereocenters. The van der Waals surface area contributed by atoms with Crippen molar-refractivity contribution < 1.29 is 19.1 Å². The van der Waals surface area contributed by atoms with Gasteiger partial charge in [0.05, 0.1) is 19.1 Å². The topological polar surface area (TPSA) is 52.6 Å². The summed E-state index contributed by atoms with van der Waals surface area (Å²) in [4.78, 5) is 23.6. The maximum Gasteiger partial charge on any atom is 0.311 e. The summed E-state index contributed by atoms with van der Waals surface area (Å²) in [5.74, 6) is 1.08. The normalized spacial score (nSPS) is 34.5. The van der Waals surface area contributed by atoms with E-state index >= 15 is 0 Å². The van der Waals surface area contributed by atoms with Gasteiger partial charge in [0, 0.05) is 6.92 Å². The van der Waals surface area contributed by atoms with Gasteiger partial charge in [-0.3, -0.25) is 9.59 Å². The number of carbonyl (C=O) groups is 2. The SMILES string of the molecule is C=C1CC[C@H]2[C@](C)(CCC[C@]2(C)C(=O)OC)[C@H]1CC[C@H](C)CCOC(C)=O. The molecule has 4 heteroatoms. The second kappa shape index (κ2) is 8.79. The molecule has 2 fully saturated rings. The molecule has 2 aliphatic rings. The number of fused-ring (bicyclic) bond motifs is 1. The van der Waals surface area contributed by atoms with Crippen LogP contribution >= 0.6 is 0 Å². The average molecular weight is 379 g/mol. The summed E-state index contributed by atoms with van der Waals surface area (Å²) in [5, 5.41) is 0. The zero-order valence-corrected chi connectivity index (χ0v) is 17.9. The van der Waals surface area contributed by atoms with Crippen molar-refractivity contribution in [2.24, 2.45) is 28.6 Å². The Kier molecular flexibility index (Phi) is 7.15. The van der Waals surface area contributed by atoms with E-state index in [-0.39, 0.29) is 22.8 Å². The minimum absolute atomic E-state index is 0.0422. The first-order valence-corrected chi connectivity index (χ1v) is 10.5. The molecule has 0 N–H and O–H groups in total. The molecule has 0 radical (unpaired) electrons. The van der Waals surface area contributed by atoms with Crippen molar-refractivity contribution >= 4 is 11.9 Å². The van der Waals surface area contributed by atoms with Gasteiger partial charge in [0.15, 0.2) is 0 Å². The second-order valence-electron chi connectivity index (χ2n) is 9.38. The third-order valence-corrected chi connectivity index (χ3v) is 7.54. The van der Waals surface area contributed by atoms with E-state index in [1.165, 1.54) is 19.6 Å². The van der Waals surface area contributed by atoms with E-state index in [1.54, 1.807) is 0 Å². The average Bonchev–Trinajstić information content (AvgIpc) is 2.59. The second-order valence-corrected chi connectivity index (χ2v) is 9.38. The lowest BCUT2D eigenvalue weighted by molar-refractivity contribution is -0.168. The van der Waals surface area contributed by atoms with Crippen LogP contribution in [0.5, 0.6) is 0 Å². The van der Waals surface area contributed by atoms with Gasteiger partial charge in [0.2, 0.25) is 0 Å². The first-order chi connectivity index (χ1) is 12.6. The van der Waals surface area contributed by atoms with E-state index in [2.05, 4.69) is 27.4 Å². The first-order valence-electron chi connectivity index (χ1n) is 10.5. The molecule has 0 heterocycles. The lowest BCUT2D eigenvalue weighted by Crippen LogP contribution is -2.53. The maximum absolute atomic E-state index is 12.6. The fraction of sp³-hybridized carbons (Fsp3) is 0.826. The Hall–Kier alpha value is -1.32. The van der Waals surface area contributed by atoms with Crippen LogP contribution in [0, 0.1) is 28.6 Å². The molecule has 0 bridgehead atoms. The summed E-state index contributed by atoms with van der Waals surface area (Å²) in [6.45, 7) is 13.1. The zero-order valence-electron chi connectivity index (χ0n) is 17.9. The molecule has 154 valence electrons. The molecule has 2 saturated carbocycles. The molecule has 0 aromatic rings. The highest BCUT2D eigenvalue weighted by Crippen LogP contribution is 2.62. The van der Waals surface area contributed by atoms with Crippen LogP contribution in [0.25, 0.3) is 0 Å². The van der Waals surface area contributed by atoms with Crippen LogP contribution in [-0.2, 0) is 19.1 Å². The van der Waals surface area contributed by atoms with Gasteiger partial charge in [0.1, 0.15) is 0 Å². The van der Waals surface area contributed by atoms with Gasteiger partial charge < -0.3 is 9.47 Å². The highest BCUT2D eigenvalue weighted by Gasteiger charge is 2.57. The minimum Gasteiger partial charge on any atom is -0.469 e. The van der Waals surface area contributed by atoms with Crippen molar-refractivity contribution in [1.29, 1.82) is 0 Å². The first kappa shape index (κ1) is 22.0. The van der Waals surface area contributed by atoms with E-state index in [0.717, 1.165) is 51.4 Å². The van der Waals surface area contributed by atoms with E-state index < -0.39 is 0 Å². The van der Waals surface area contributed by atoms with Crippen molar-refractivity contribution in [2.75, 3.05) is 13.7 Å². The number of esters is 2. The molecular formula is C23H38O4. The van der Waals surface area contributed by atoms with E-state index in [9.17, 15) is 9.59 Å². The maximum atomic E-state index is 12.6. The van der Waals surface area contributed by atoms with Crippen molar-refractivity contribution in [3.8, 4) is 0 Å². The van der Waals surface area contributed by atoms with Crippen molar-refractivity contribution in [3.05, 3.63) is 12.2 Å². The van der Waals surface area contributed by atoms with Crippen LogP contribution in [0.15, 0.2) is 12.2 Å². The number of hydrogen-bond acceptors (Lipinski definition) is 4. The van der Waals surface area contributed by atoms with Crippen LogP contribution < -0.4 is 0 Å². The molecular weight excluding hydrogens is 340 g/mol. The largest absolute Gasteiger partial charge is 0.469 e. The number of rotatable bonds is 7. The predicted molar refractivity (Wildman–Crippen MR) is 107 cm³/mol. The molecule has 0 aromatic heterocycles. The number of methoxy groups -OCH3 is 1.